The van der Waals surface area contributed by atoms with Gasteiger partial charge in [-0.1, -0.05) is 77.0 Å². The first-order valence-corrected chi connectivity index (χ1v) is 13.3. The number of hydrogen-bond acceptors (Lipinski definition) is 6. The van der Waals surface area contributed by atoms with E-state index in [4.69, 9.17) is 9.47 Å². The molecular weight excluding hydrogens is 478 g/mol. The van der Waals surface area contributed by atoms with E-state index in [1.807, 2.05) is 24.3 Å². The van der Waals surface area contributed by atoms with Gasteiger partial charge in [-0.3, -0.25) is 0 Å². The van der Waals surface area contributed by atoms with Crippen LogP contribution >= 0.6 is 0 Å². The van der Waals surface area contributed by atoms with Crippen LogP contribution in [-0.2, 0) is 9.59 Å². The number of ether oxygens (including phenoxy) is 2. The molecule has 0 aromatic heterocycles. The quantitative estimate of drug-likeness (QED) is 0.127. The van der Waals surface area contributed by atoms with E-state index < -0.39 is 11.9 Å². The molecule has 0 atom stereocenters. The van der Waals surface area contributed by atoms with Crippen molar-refractivity contribution in [1.29, 1.82) is 0 Å². The second kappa shape index (κ2) is 27.8. The monoisotopic (exact) mass is 522 g/mol. The molecule has 1 aromatic rings. The number of aliphatic carboxylic acids is 2. The first-order valence-electron chi connectivity index (χ1n) is 13.3. The summed E-state index contributed by atoms with van der Waals surface area (Å²) in [5, 5.41) is 20.7. The first kappa shape index (κ1) is 37.9. The molecule has 0 spiro atoms. The van der Waals surface area contributed by atoms with Crippen molar-refractivity contribution < 1.29 is 88.4 Å². The van der Waals surface area contributed by atoms with Crippen LogP contribution in [0.25, 0.3) is 0 Å². The molecule has 1 rings (SSSR count). The zero-order valence-corrected chi connectivity index (χ0v) is 26.9. The minimum Gasteiger partial charge on any atom is -0.550 e. The molecule has 0 aliphatic heterocycles. The summed E-state index contributed by atoms with van der Waals surface area (Å²) in [6.07, 6.45) is 17.5. The fraction of sp³-hybridized carbons (Fsp3) is 0.714. The van der Waals surface area contributed by atoms with Crippen LogP contribution in [0.4, 0.5) is 0 Å². The van der Waals surface area contributed by atoms with E-state index in [9.17, 15) is 19.8 Å². The standard InChI is InChI=1S/C28H46O6.2Na/c29-27(30)17-13-9-5-1-3-7-11-15-23-33-25-19-21-26(22-20-25)34-24-16-12-8-4-2-6-10-14-18-28(31)32;;/h19-22H,1-18,23-24H2,(H,29,30)(H,31,32);;/q;2*+1/p-2. The molecule has 0 amide bonds. The van der Waals surface area contributed by atoms with E-state index >= 15 is 0 Å². The van der Waals surface area contributed by atoms with Crippen molar-refractivity contribution in [3.8, 4) is 11.5 Å². The van der Waals surface area contributed by atoms with Crippen LogP contribution in [-0.4, -0.2) is 25.2 Å². The molecule has 0 heterocycles. The van der Waals surface area contributed by atoms with Crippen LogP contribution in [0, 0.1) is 0 Å². The van der Waals surface area contributed by atoms with Crippen LogP contribution < -0.4 is 78.8 Å². The van der Waals surface area contributed by atoms with E-state index in [0.717, 1.165) is 88.9 Å². The van der Waals surface area contributed by atoms with Gasteiger partial charge < -0.3 is 29.3 Å². The minimum absolute atomic E-state index is 0. The van der Waals surface area contributed by atoms with Crippen molar-refractivity contribution in [2.45, 2.75) is 116 Å². The van der Waals surface area contributed by atoms with Crippen molar-refractivity contribution in [3.05, 3.63) is 24.3 Å². The molecule has 194 valence electrons. The predicted octanol–water partition coefficient (Wildman–Crippen LogP) is -1.03. The Morgan fingerprint density at radius 2 is 0.722 bits per heavy atom. The summed E-state index contributed by atoms with van der Waals surface area (Å²) < 4.78 is 11.6. The van der Waals surface area contributed by atoms with E-state index in [1.54, 1.807) is 0 Å². The van der Waals surface area contributed by atoms with E-state index in [-0.39, 0.29) is 72.0 Å². The predicted molar refractivity (Wildman–Crippen MR) is 131 cm³/mol. The first-order chi connectivity index (χ1) is 16.6. The van der Waals surface area contributed by atoms with E-state index in [2.05, 4.69) is 0 Å². The van der Waals surface area contributed by atoms with Crippen molar-refractivity contribution in [3.63, 3.8) is 0 Å². The van der Waals surface area contributed by atoms with Crippen LogP contribution in [0.2, 0.25) is 0 Å². The van der Waals surface area contributed by atoms with Crippen molar-refractivity contribution >= 4 is 11.9 Å². The van der Waals surface area contributed by atoms with Gasteiger partial charge in [0.1, 0.15) is 11.5 Å². The van der Waals surface area contributed by atoms with Crippen molar-refractivity contribution in [2.24, 2.45) is 0 Å². The molecule has 36 heavy (non-hydrogen) atoms. The number of hydrogen-bond donors (Lipinski definition) is 0. The van der Waals surface area contributed by atoms with Crippen LogP contribution in [0.3, 0.4) is 0 Å². The normalized spacial score (nSPS) is 10.2. The number of unbranched alkanes of at least 4 members (excludes halogenated alkanes) is 14. The summed E-state index contributed by atoms with van der Waals surface area (Å²) in [5.41, 5.74) is 0. The summed E-state index contributed by atoms with van der Waals surface area (Å²) in [5.74, 6) is -0.134. The Kier molecular flexibility index (Phi) is 29.3. The average molecular weight is 523 g/mol. The number of carboxylic acid groups (broad SMARTS) is 2. The molecule has 6 nitrogen and oxygen atoms in total. The summed E-state index contributed by atoms with van der Waals surface area (Å²) in [7, 11) is 0. The zero-order chi connectivity index (χ0) is 24.7. The summed E-state index contributed by atoms with van der Waals surface area (Å²) >= 11 is 0. The summed E-state index contributed by atoms with van der Waals surface area (Å²) in [6.45, 7) is 1.45. The molecule has 0 saturated carbocycles. The van der Waals surface area contributed by atoms with Gasteiger partial charge in [-0.2, -0.15) is 0 Å². The molecule has 0 radical (unpaired) electrons. The van der Waals surface area contributed by atoms with Gasteiger partial charge in [-0.05, 0) is 62.8 Å². The number of rotatable bonds is 24. The largest absolute Gasteiger partial charge is 1.00 e. The Bertz CT molecular complexity index is 584. The van der Waals surface area contributed by atoms with Gasteiger partial charge in [0, 0.05) is 11.9 Å². The molecule has 1 aromatic carbocycles. The van der Waals surface area contributed by atoms with Gasteiger partial charge in [0.2, 0.25) is 0 Å². The third kappa shape index (κ3) is 25.4. The van der Waals surface area contributed by atoms with E-state index in [1.165, 1.54) is 38.5 Å². The number of benzene rings is 1. The molecule has 0 bridgehead atoms. The molecule has 0 N–H and O–H groups in total. The maximum Gasteiger partial charge on any atom is 1.00 e. The van der Waals surface area contributed by atoms with Gasteiger partial charge in [0.05, 0.1) is 13.2 Å². The number of carbonyl (C=O) groups is 2. The van der Waals surface area contributed by atoms with Crippen molar-refractivity contribution in [2.75, 3.05) is 13.2 Å². The van der Waals surface area contributed by atoms with Crippen molar-refractivity contribution in [1.82, 2.24) is 0 Å². The van der Waals surface area contributed by atoms with Crippen LogP contribution in [0.15, 0.2) is 24.3 Å². The zero-order valence-electron chi connectivity index (χ0n) is 22.9. The molecular formula is C28H44Na2O6. The molecule has 0 aliphatic rings. The third-order valence-corrected chi connectivity index (χ3v) is 5.91. The van der Waals surface area contributed by atoms with Gasteiger partial charge >= 0.3 is 59.1 Å². The molecule has 0 unspecified atom stereocenters. The topological polar surface area (TPSA) is 98.7 Å². The summed E-state index contributed by atoms with van der Waals surface area (Å²) in [4.78, 5) is 20.7. The second-order valence-electron chi connectivity index (χ2n) is 9.07. The maximum atomic E-state index is 10.3. The Morgan fingerprint density at radius 3 is 1.00 bits per heavy atom. The number of carboxylic acids is 2. The Labute approximate surface area is 262 Å². The fourth-order valence-electron chi connectivity index (χ4n) is 3.88. The Balaban J connectivity index is 0. The average Bonchev–Trinajstić information content (AvgIpc) is 2.81. The Morgan fingerprint density at radius 1 is 0.472 bits per heavy atom. The molecule has 0 aliphatic carbocycles. The van der Waals surface area contributed by atoms with Gasteiger partial charge in [-0.15, -0.1) is 0 Å². The fourth-order valence-corrected chi connectivity index (χ4v) is 3.88. The summed E-state index contributed by atoms with van der Waals surface area (Å²) in [6, 6.07) is 7.84. The smallest absolute Gasteiger partial charge is 0.550 e. The van der Waals surface area contributed by atoms with Gasteiger partial charge in [0.15, 0.2) is 0 Å². The Hall–Kier alpha value is -0.240. The van der Waals surface area contributed by atoms with Gasteiger partial charge in [-0.25, -0.2) is 0 Å². The van der Waals surface area contributed by atoms with E-state index in [0.29, 0.717) is 0 Å². The third-order valence-electron chi connectivity index (χ3n) is 5.91. The molecule has 0 saturated heterocycles. The second-order valence-corrected chi connectivity index (χ2v) is 9.07. The molecule has 8 heteroatoms. The minimum atomic E-state index is -0.942. The maximum absolute atomic E-state index is 10.3. The van der Waals surface area contributed by atoms with Crippen LogP contribution in [0.1, 0.15) is 116 Å². The SMILES string of the molecule is O=C([O-])CCCCCCCCCCOc1ccc(OCCCCCCCCCCC(=O)[O-])cc1.[Na+].[Na+]. The van der Waals surface area contributed by atoms with Gasteiger partial charge in [0.25, 0.3) is 0 Å². The number of carbonyl (C=O) groups excluding carboxylic acids is 2. The molecule has 0 fully saturated rings. The van der Waals surface area contributed by atoms with Crippen LogP contribution in [0.5, 0.6) is 11.5 Å².